The highest BCUT2D eigenvalue weighted by atomic mass is 32.1. The molecule has 1 atom stereocenters. The van der Waals surface area contributed by atoms with E-state index in [-0.39, 0.29) is 11.9 Å². The molecule has 0 aromatic carbocycles. The zero-order chi connectivity index (χ0) is 15.2. The molecule has 22 heavy (non-hydrogen) atoms. The highest BCUT2D eigenvalue weighted by Crippen LogP contribution is 2.27. The van der Waals surface area contributed by atoms with Gasteiger partial charge in [0.1, 0.15) is 0 Å². The molecule has 1 aliphatic heterocycles. The number of nitrogens with zero attached hydrogens (tertiary/aromatic N) is 1. The average molecular weight is 318 g/mol. The smallest absolute Gasteiger partial charge is 0.287 e. The Morgan fingerprint density at radius 3 is 2.68 bits per heavy atom. The summed E-state index contributed by atoms with van der Waals surface area (Å²) in [4.78, 5) is 15.9. The fraction of sp³-hybridized carbons (Fsp3) is 0.471. The molecule has 3 heterocycles. The fourth-order valence-corrected chi connectivity index (χ4v) is 3.84. The van der Waals surface area contributed by atoms with Gasteiger partial charge in [-0.15, -0.1) is 11.3 Å². The van der Waals surface area contributed by atoms with Crippen molar-refractivity contribution in [3.8, 4) is 0 Å². The molecule has 1 fully saturated rings. The summed E-state index contributed by atoms with van der Waals surface area (Å²) in [5.74, 6) is 0.238. The number of amides is 1. The van der Waals surface area contributed by atoms with Crippen molar-refractivity contribution < 1.29 is 9.21 Å². The molecule has 1 unspecified atom stereocenters. The summed E-state index contributed by atoms with van der Waals surface area (Å²) >= 11 is 1.76. The van der Waals surface area contributed by atoms with Crippen LogP contribution >= 0.6 is 11.3 Å². The van der Waals surface area contributed by atoms with Crippen LogP contribution in [-0.4, -0.2) is 30.4 Å². The standard InChI is InChI=1S/C17H22N2O2S/c20-17(15-7-5-11-21-15)18-13-14(16-8-6-12-22-16)19-9-3-1-2-4-10-19/h5-8,11-12,14H,1-4,9-10,13H2,(H,18,20). The quantitative estimate of drug-likeness (QED) is 0.914. The molecule has 118 valence electrons. The summed E-state index contributed by atoms with van der Waals surface area (Å²) < 4.78 is 5.16. The van der Waals surface area contributed by atoms with Crippen molar-refractivity contribution in [2.45, 2.75) is 31.7 Å². The minimum atomic E-state index is -0.138. The van der Waals surface area contributed by atoms with Crippen LogP contribution in [0.3, 0.4) is 0 Å². The maximum Gasteiger partial charge on any atom is 0.287 e. The highest BCUT2D eigenvalue weighted by molar-refractivity contribution is 7.10. The molecule has 3 rings (SSSR count). The molecular formula is C17H22N2O2S. The Balaban J connectivity index is 1.67. The molecule has 0 aliphatic carbocycles. The van der Waals surface area contributed by atoms with Gasteiger partial charge in [0, 0.05) is 11.4 Å². The van der Waals surface area contributed by atoms with Gasteiger partial charge in [0.25, 0.3) is 5.91 Å². The second-order valence-corrected chi connectivity index (χ2v) is 6.65. The van der Waals surface area contributed by atoms with Gasteiger partial charge < -0.3 is 9.73 Å². The van der Waals surface area contributed by atoms with E-state index in [1.165, 1.54) is 36.8 Å². The van der Waals surface area contributed by atoms with Crippen LogP contribution < -0.4 is 5.32 Å². The van der Waals surface area contributed by atoms with Gasteiger partial charge in [0.15, 0.2) is 5.76 Å². The first-order valence-corrected chi connectivity index (χ1v) is 8.82. The normalized spacial score (nSPS) is 17.8. The third-order valence-electron chi connectivity index (χ3n) is 4.15. The monoisotopic (exact) mass is 318 g/mol. The topological polar surface area (TPSA) is 45.5 Å². The number of carbonyl (C=O) groups excluding carboxylic acids is 1. The predicted molar refractivity (Wildman–Crippen MR) is 88.1 cm³/mol. The summed E-state index contributed by atoms with van der Waals surface area (Å²) in [6.07, 6.45) is 6.64. The SMILES string of the molecule is O=C(NCC(c1cccs1)N1CCCCCC1)c1ccco1. The number of furan rings is 1. The summed E-state index contributed by atoms with van der Waals surface area (Å²) in [6.45, 7) is 2.85. The van der Waals surface area contributed by atoms with E-state index < -0.39 is 0 Å². The van der Waals surface area contributed by atoms with Crippen LogP contribution in [0, 0.1) is 0 Å². The molecule has 1 N–H and O–H groups in total. The zero-order valence-electron chi connectivity index (χ0n) is 12.7. The third-order valence-corrected chi connectivity index (χ3v) is 5.13. The van der Waals surface area contributed by atoms with E-state index in [4.69, 9.17) is 4.42 Å². The maximum atomic E-state index is 12.1. The van der Waals surface area contributed by atoms with Crippen molar-refractivity contribution >= 4 is 17.2 Å². The number of rotatable bonds is 5. The lowest BCUT2D eigenvalue weighted by molar-refractivity contribution is 0.0906. The zero-order valence-corrected chi connectivity index (χ0v) is 13.5. The number of hydrogen-bond acceptors (Lipinski definition) is 4. The van der Waals surface area contributed by atoms with Gasteiger partial charge >= 0.3 is 0 Å². The van der Waals surface area contributed by atoms with E-state index in [9.17, 15) is 4.79 Å². The number of likely N-dealkylation sites (tertiary alicyclic amines) is 1. The Morgan fingerprint density at radius 2 is 2.05 bits per heavy atom. The lowest BCUT2D eigenvalue weighted by Crippen LogP contribution is -2.38. The largest absolute Gasteiger partial charge is 0.459 e. The van der Waals surface area contributed by atoms with Gasteiger partial charge in [-0.25, -0.2) is 0 Å². The van der Waals surface area contributed by atoms with Crippen molar-refractivity contribution in [1.82, 2.24) is 10.2 Å². The first kappa shape index (κ1) is 15.3. The average Bonchev–Trinajstić information content (AvgIpc) is 3.18. The van der Waals surface area contributed by atoms with E-state index in [1.54, 1.807) is 23.5 Å². The number of nitrogens with one attached hydrogen (secondary N) is 1. The number of hydrogen-bond donors (Lipinski definition) is 1. The lowest BCUT2D eigenvalue weighted by atomic mass is 10.2. The van der Waals surface area contributed by atoms with Crippen LogP contribution in [-0.2, 0) is 0 Å². The summed E-state index contributed by atoms with van der Waals surface area (Å²) in [5, 5.41) is 5.13. The number of carbonyl (C=O) groups is 1. The summed E-state index contributed by atoms with van der Waals surface area (Å²) in [5.41, 5.74) is 0. The van der Waals surface area contributed by atoms with Crippen molar-refractivity contribution in [3.63, 3.8) is 0 Å². The van der Waals surface area contributed by atoms with Crippen LogP contribution in [0.5, 0.6) is 0 Å². The van der Waals surface area contributed by atoms with Crippen molar-refractivity contribution in [1.29, 1.82) is 0 Å². The van der Waals surface area contributed by atoms with Gasteiger partial charge in [-0.2, -0.15) is 0 Å². The molecule has 1 aliphatic rings. The molecule has 5 heteroatoms. The predicted octanol–water partition coefficient (Wildman–Crippen LogP) is 3.69. The Labute approximate surface area is 135 Å². The van der Waals surface area contributed by atoms with Crippen molar-refractivity contribution in [2.24, 2.45) is 0 Å². The molecule has 4 nitrogen and oxygen atoms in total. The number of thiophene rings is 1. The second kappa shape index (κ2) is 7.61. The van der Waals surface area contributed by atoms with Crippen LogP contribution in [0.15, 0.2) is 40.3 Å². The first-order valence-electron chi connectivity index (χ1n) is 7.94. The Hall–Kier alpha value is -1.59. The van der Waals surface area contributed by atoms with E-state index in [0.717, 1.165) is 13.1 Å². The van der Waals surface area contributed by atoms with E-state index in [0.29, 0.717) is 12.3 Å². The van der Waals surface area contributed by atoms with Crippen molar-refractivity contribution in [3.05, 3.63) is 46.5 Å². The molecule has 1 amide bonds. The molecule has 2 aromatic heterocycles. The molecule has 1 saturated heterocycles. The van der Waals surface area contributed by atoms with Crippen molar-refractivity contribution in [2.75, 3.05) is 19.6 Å². The summed E-state index contributed by atoms with van der Waals surface area (Å²) in [7, 11) is 0. The van der Waals surface area contributed by atoms with Crippen LogP contribution in [0.25, 0.3) is 0 Å². The fourth-order valence-electron chi connectivity index (χ4n) is 2.98. The molecule has 0 spiro atoms. The van der Waals surface area contributed by atoms with Gasteiger partial charge in [0.05, 0.1) is 12.3 Å². The lowest BCUT2D eigenvalue weighted by Gasteiger charge is -2.30. The van der Waals surface area contributed by atoms with E-state index in [2.05, 4.69) is 27.7 Å². The molecule has 0 saturated carbocycles. The Bertz CT molecular complexity index is 558. The third kappa shape index (κ3) is 3.78. The first-order chi connectivity index (χ1) is 10.8. The van der Waals surface area contributed by atoms with Crippen LogP contribution in [0.1, 0.15) is 47.2 Å². The van der Waals surface area contributed by atoms with Gasteiger partial charge in [-0.1, -0.05) is 18.9 Å². The maximum absolute atomic E-state index is 12.1. The molecule has 2 aromatic rings. The molecule has 0 radical (unpaired) electrons. The van der Waals surface area contributed by atoms with Gasteiger partial charge in [0.2, 0.25) is 0 Å². The molecular weight excluding hydrogens is 296 g/mol. The van der Waals surface area contributed by atoms with E-state index >= 15 is 0 Å². The van der Waals surface area contributed by atoms with E-state index in [1.807, 2.05) is 0 Å². The highest BCUT2D eigenvalue weighted by Gasteiger charge is 2.23. The van der Waals surface area contributed by atoms with Crippen LogP contribution in [0.2, 0.25) is 0 Å². The molecule has 0 bridgehead atoms. The minimum Gasteiger partial charge on any atom is -0.459 e. The Kier molecular flexibility index (Phi) is 5.29. The van der Waals surface area contributed by atoms with Gasteiger partial charge in [-0.3, -0.25) is 9.69 Å². The van der Waals surface area contributed by atoms with Crippen LogP contribution in [0.4, 0.5) is 0 Å². The minimum absolute atomic E-state index is 0.138. The van der Waals surface area contributed by atoms with Gasteiger partial charge in [-0.05, 0) is 49.5 Å². The second-order valence-electron chi connectivity index (χ2n) is 5.67. The Morgan fingerprint density at radius 1 is 1.23 bits per heavy atom. The summed E-state index contributed by atoms with van der Waals surface area (Å²) in [6, 6.07) is 7.94.